The lowest BCUT2D eigenvalue weighted by Gasteiger charge is -2.41. The third-order valence-electron chi connectivity index (χ3n) is 4.46. The summed E-state index contributed by atoms with van der Waals surface area (Å²) in [4.78, 5) is 25.1. The first-order valence-electron chi connectivity index (χ1n) is 8.95. The predicted molar refractivity (Wildman–Crippen MR) is 106 cm³/mol. The maximum Gasteiger partial charge on any atom is 0.338 e. The second-order valence-corrected chi connectivity index (χ2v) is 7.00. The van der Waals surface area contributed by atoms with Gasteiger partial charge in [0.1, 0.15) is 6.10 Å². The highest BCUT2D eigenvalue weighted by atomic mass is 79.9. The van der Waals surface area contributed by atoms with Crippen LogP contribution in [-0.2, 0) is 18.9 Å². The number of benzene rings is 2. The number of carbonyl (C=O) groups excluding carboxylic acids is 2. The van der Waals surface area contributed by atoms with E-state index < -0.39 is 42.7 Å². The van der Waals surface area contributed by atoms with Crippen molar-refractivity contribution in [1.82, 2.24) is 0 Å². The highest BCUT2D eigenvalue weighted by Crippen LogP contribution is 2.30. The number of hydrogen-bond acceptors (Lipinski definition) is 6. The van der Waals surface area contributed by atoms with Gasteiger partial charge in [-0.3, -0.25) is 0 Å². The Morgan fingerprint density at radius 1 is 0.931 bits per heavy atom. The Bertz CT molecular complexity index is 818. The smallest absolute Gasteiger partial charge is 0.338 e. The molecule has 2 aromatic rings. The van der Waals surface area contributed by atoms with E-state index in [9.17, 15) is 9.59 Å². The van der Waals surface area contributed by atoms with Crippen molar-refractivity contribution in [3.8, 4) is 0 Å². The Morgan fingerprint density at radius 2 is 1.41 bits per heavy atom. The van der Waals surface area contributed by atoms with Crippen molar-refractivity contribution < 1.29 is 32.9 Å². The first kappa shape index (κ1) is 21.4. The van der Waals surface area contributed by atoms with Crippen LogP contribution >= 0.6 is 15.9 Å². The van der Waals surface area contributed by atoms with Gasteiger partial charge < -0.3 is 18.9 Å². The van der Waals surface area contributed by atoms with Crippen LogP contribution < -0.4 is 0 Å². The molecule has 5 atom stereocenters. The lowest BCUT2D eigenvalue weighted by atomic mass is 10.00. The third kappa shape index (κ3) is 5.01. The van der Waals surface area contributed by atoms with Crippen molar-refractivity contribution in [2.24, 2.45) is 0 Å². The van der Waals surface area contributed by atoms with Gasteiger partial charge in [-0.25, -0.2) is 14.0 Å². The summed E-state index contributed by atoms with van der Waals surface area (Å²) in [5.41, 5.74) is 0.543. The molecule has 0 radical (unpaired) electrons. The first-order chi connectivity index (χ1) is 14.0. The molecule has 0 N–H and O–H groups in total. The Kier molecular flexibility index (Phi) is 7.35. The van der Waals surface area contributed by atoms with Crippen LogP contribution in [0.3, 0.4) is 0 Å². The van der Waals surface area contributed by atoms with Crippen molar-refractivity contribution in [3.05, 3.63) is 71.8 Å². The molecule has 0 amide bonds. The van der Waals surface area contributed by atoms with Gasteiger partial charge in [0, 0.05) is 12.4 Å². The zero-order chi connectivity index (χ0) is 20.8. The predicted octanol–water partition coefficient (Wildman–Crippen LogP) is 3.54. The monoisotopic (exact) mass is 466 g/mol. The van der Waals surface area contributed by atoms with Gasteiger partial charge in [-0.15, -0.1) is 0 Å². The van der Waals surface area contributed by atoms with Gasteiger partial charge in [0.05, 0.1) is 11.1 Å². The minimum Gasteiger partial charge on any atom is -0.452 e. The molecular weight excluding hydrogens is 447 g/mol. The van der Waals surface area contributed by atoms with Gasteiger partial charge in [0.25, 0.3) is 0 Å². The fourth-order valence-electron chi connectivity index (χ4n) is 2.99. The Morgan fingerprint density at radius 3 is 1.86 bits per heavy atom. The topological polar surface area (TPSA) is 71.1 Å². The molecule has 0 spiro atoms. The number of ether oxygens (including phenoxy) is 4. The molecule has 3 rings (SSSR count). The van der Waals surface area contributed by atoms with Crippen molar-refractivity contribution in [2.75, 3.05) is 12.4 Å². The molecule has 6 nitrogen and oxygen atoms in total. The van der Waals surface area contributed by atoms with E-state index in [2.05, 4.69) is 15.9 Å². The molecule has 1 fully saturated rings. The summed E-state index contributed by atoms with van der Waals surface area (Å²) in [5, 5.41) is 0.214. The van der Waals surface area contributed by atoms with Crippen LogP contribution in [0.5, 0.6) is 0 Å². The number of methoxy groups -OCH3 is 1. The van der Waals surface area contributed by atoms with Crippen LogP contribution in [0.25, 0.3) is 0 Å². The summed E-state index contributed by atoms with van der Waals surface area (Å²) in [6, 6.07) is 16.5. The van der Waals surface area contributed by atoms with Gasteiger partial charge in [-0.2, -0.15) is 0 Å². The Balaban J connectivity index is 1.85. The Labute approximate surface area is 176 Å². The van der Waals surface area contributed by atoms with E-state index >= 15 is 4.39 Å². The number of alkyl halides is 2. The van der Waals surface area contributed by atoms with Gasteiger partial charge in [0.2, 0.25) is 0 Å². The average Bonchev–Trinajstić information content (AvgIpc) is 2.77. The summed E-state index contributed by atoms with van der Waals surface area (Å²) in [6.45, 7) is 0. The molecule has 0 saturated carbocycles. The molecule has 1 aliphatic heterocycles. The van der Waals surface area contributed by atoms with E-state index in [1.165, 1.54) is 7.11 Å². The number of halogens is 2. The van der Waals surface area contributed by atoms with Crippen molar-refractivity contribution in [2.45, 2.75) is 30.8 Å². The SMILES string of the molecule is CO[C@@H]1O[C@H](CBr)[C@@H](OC(=O)c2ccccc2)[C@@H](OC(=O)c2ccccc2)[C@H]1F. The van der Waals surface area contributed by atoms with E-state index in [1.54, 1.807) is 60.7 Å². The summed E-state index contributed by atoms with van der Waals surface area (Å²) in [7, 11) is 1.29. The van der Waals surface area contributed by atoms with Gasteiger partial charge >= 0.3 is 11.9 Å². The highest BCUT2D eigenvalue weighted by molar-refractivity contribution is 9.09. The maximum atomic E-state index is 15.1. The minimum atomic E-state index is -1.85. The van der Waals surface area contributed by atoms with Gasteiger partial charge in [0.15, 0.2) is 24.7 Å². The molecule has 8 heteroatoms. The standard InChI is InChI=1S/C21H20BrFO6/c1-26-21-16(23)18(29-20(25)14-10-6-3-7-11-14)17(15(12-22)27-21)28-19(24)13-8-4-2-5-9-13/h2-11,15-18,21H,12H2,1H3/t15-,16-,17-,18+,21-/m1/s1. The molecule has 154 valence electrons. The van der Waals surface area contributed by atoms with Crippen LogP contribution in [0.15, 0.2) is 60.7 Å². The molecule has 0 aliphatic carbocycles. The van der Waals surface area contributed by atoms with Gasteiger partial charge in [-0.05, 0) is 24.3 Å². The largest absolute Gasteiger partial charge is 0.452 e. The first-order valence-corrected chi connectivity index (χ1v) is 10.1. The fraction of sp³-hybridized carbons (Fsp3) is 0.333. The lowest BCUT2D eigenvalue weighted by Crippen LogP contribution is -2.59. The maximum absolute atomic E-state index is 15.1. The highest BCUT2D eigenvalue weighted by Gasteiger charge is 2.51. The average molecular weight is 467 g/mol. The van der Waals surface area contributed by atoms with Crippen molar-refractivity contribution in [1.29, 1.82) is 0 Å². The van der Waals surface area contributed by atoms with Crippen LogP contribution in [0.4, 0.5) is 4.39 Å². The van der Waals surface area contributed by atoms with E-state index in [1.807, 2.05) is 0 Å². The second kappa shape index (κ2) is 9.96. The van der Waals surface area contributed by atoms with E-state index in [-0.39, 0.29) is 10.9 Å². The molecule has 0 bridgehead atoms. The lowest BCUT2D eigenvalue weighted by molar-refractivity contribution is -0.267. The number of esters is 2. The number of hydrogen-bond donors (Lipinski definition) is 0. The van der Waals surface area contributed by atoms with Crippen molar-refractivity contribution in [3.63, 3.8) is 0 Å². The second-order valence-electron chi connectivity index (χ2n) is 6.35. The van der Waals surface area contributed by atoms with Crippen LogP contribution in [0.1, 0.15) is 20.7 Å². The summed E-state index contributed by atoms with van der Waals surface area (Å²) in [5.74, 6) is -1.40. The van der Waals surface area contributed by atoms with Gasteiger partial charge in [-0.1, -0.05) is 52.3 Å². The molecule has 1 saturated heterocycles. The molecule has 2 aromatic carbocycles. The molecule has 29 heavy (non-hydrogen) atoms. The zero-order valence-electron chi connectivity index (χ0n) is 15.6. The minimum absolute atomic E-state index is 0.214. The molecule has 1 aliphatic rings. The number of rotatable bonds is 6. The Hall–Kier alpha value is -2.29. The molecule has 0 aromatic heterocycles. The zero-order valence-corrected chi connectivity index (χ0v) is 17.2. The van der Waals surface area contributed by atoms with Crippen molar-refractivity contribution >= 4 is 27.9 Å². The van der Waals surface area contributed by atoms with Crippen LogP contribution in [0.2, 0.25) is 0 Å². The third-order valence-corrected chi connectivity index (χ3v) is 5.10. The quantitative estimate of drug-likeness (QED) is 0.478. The van der Waals surface area contributed by atoms with Crippen LogP contribution in [0, 0.1) is 0 Å². The van der Waals surface area contributed by atoms with E-state index in [4.69, 9.17) is 18.9 Å². The summed E-state index contributed by atoms with van der Waals surface area (Å²) >= 11 is 3.28. The summed E-state index contributed by atoms with van der Waals surface area (Å²) in [6.07, 6.45) is -6.48. The number of carbonyl (C=O) groups is 2. The molecule has 0 unspecified atom stereocenters. The molecule has 1 heterocycles. The summed E-state index contributed by atoms with van der Waals surface area (Å²) < 4.78 is 36.6. The van der Waals surface area contributed by atoms with Crippen LogP contribution in [-0.4, -0.2) is 55.2 Å². The van der Waals surface area contributed by atoms with E-state index in [0.29, 0.717) is 5.56 Å². The normalized spacial score (nSPS) is 26.5. The fourth-order valence-corrected chi connectivity index (χ4v) is 3.51. The van der Waals surface area contributed by atoms with E-state index in [0.717, 1.165) is 0 Å². The molecular formula is C21H20BrFO6.